The molecule has 94 valence electrons. The SMILES string of the molecule is BrCCC1CCCCN1Cc1ccccc1Br. The molecule has 0 bridgehead atoms. The van der Waals surface area contributed by atoms with E-state index in [0.717, 1.165) is 17.9 Å². The quantitative estimate of drug-likeness (QED) is 0.710. The summed E-state index contributed by atoms with van der Waals surface area (Å²) in [4.78, 5) is 2.64. The Bertz CT molecular complexity index is 352. The zero-order chi connectivity index (χ0) is 12.1. The summed E-state index contributed by atoms with van der Waals surface area (Å²) in [7, 11) is 0. The van der Waals surface area contributed by atoms with Crippen molar-refractivity contribution in [2.45, 2.75) is 38.3 Å². The van der Waals surface area contributed by atoms with Gasteiger partial charge in [-0.1, -0.05) is 56.5 Å². The minimum Gasteiger partial charge on any atom is -0.296 e. The molecule has 0 N–H and O–H groups in total. The maximum absolute atomic E-state index is 3.65. The minimum atomic E-state index is 0.759. The number of rotatable bonds is 4. The first-order valence-corrected chi connectivity index (χ1v) is 8.26. The molecule has 1 aliphatic rings. The van der Waals surface area contributed by atoms with Gasteiger partial charge in [0, 0.05) is 22.4 Å². The Balaban J connectivity index is 2.03. The van der Waals surface area contributed by atoms with Crippen molar-refractivity contribution in [3.63, 3.8) is 0 Å². The molecular formula is C14H19Br2N. The van der Waals surface area contributed by atoms with Crippen molar-refractivity contribution >= 4 is 31.9 Å². The summed E-state index contributed by atoms with van der Waals surface area (Å²) < 4.78 is 1.24. The molecule has 0 amide bonds. The van der Waals surface area contributed by atoms with E-state index >= 15 is 0 Å². The van der Waals surface area contributed by atoms with Crippen LogP contribution in [0.4, 0.5) is 0 Å². The molecule has 1 fully saturated rings. The molecule has 0 radical (unpaired) electrons. The fourth-order valence-corrected chi connectivity index (χ4v) is 3.51. The highest BCUT2D eigenvalue weighted by Gasteiger charge is 2.22. The van der Waals surface area contributed by atoms with E-state index in [1.54, 1.807) is 0 Å². The van der Waals surface area contributed by atoms with E-state index in [9.17, 15) is 0 Å². The van der Waals surface area contributed by atoms with Crippen molar-refractivity contribution in [2.75, 3.05) is 11.9 Å². The predicted octanol–water partition coefficient (Wildman–Crippen LogP) is 4.59. The lowest BCUT2D eigenvalue weighted by Gasteiger charge is -2.35. The Morgan fingerprint density at radius 2 is 2.06 bits per heavy atom. The number of likely N-dealkylation sites (tertiary alicyclic amines) is 1. The van der Waals surface area contributed by atoms with Crippen molar-refractivity contribution < 1.29 is 0 Å². The lowest BCUT2D eigenvalue weighted by Crippen LogP contribution is -2.39. The highest BCUT2D eigenvalue weighted by molar-refractivity contribution is 9.10. The van der Waals surface area contributed by atoms with Crippen LogP contribution in [0.2, 0.25) is 0 Å². The molecular weight excluding hydrogens is 342 g/mol. The maximum atomic E-state index is 3.65. The van der Waals surface area contributed by atoms with E-state index in [1.165, 1.54) is 42.3 Å². The van der Waals surface area contributed by atoms with Crippen LogP contribution in [0, 0.1) is 0 Å². The molecule has 0 spiro atoms. The minimum absolute atomic E-state index is 0.759. The van der Waals surface area contributed by atoms with Crippen LogP contribution < -0.4 is 0 Å². The van der Waals surface area contributed by atoms with Gasteiger partial charge in [0.25, 0.3) is 0 Å². The molecule has 1 unspecified atom stereocenters. The normalized spacial score (nSPS) is 21.6. The second-order valence-electron chi connectivity index (χ2n) is 4.69. The summed E-state index contributed by atoms with van der Waals surface area (Å²) in [5.74, 6) is 0. The van der Waals surface area contributed by atoms with Crippen LogP contribution in [0.15, 0.2) is 28.7 Å². The van der Waals surface area contributed by atoms with E-state index in [0.29, 0.717) is 0 Å². The van der Waals surface area contributed by atoms with E-state index in [4.69, 9.17) is 0 Å². The molecule has 1 atom stereocenters. The molecule has 1 aromatic rings. The third-order valence-electron chi connectivity index (χ3n) is 3.52. The van der Waals surface area contributed by atoms with E-state index in [2.05, 4.69) is 61.0 Å². The first-order chi connectivity index (χ1) is 8.31. The number of nitrogens with zero attached hydrogens (tertiary/aromatic N) is 1. The molecule has 0 aromatic heterocycles. The van der Waals surface area contributed by atoms with Gasteiger partial charge in [0.15, 0.2) is 0 Å². The van der Waals surface area contributed by atoms with Crippen LogP contribution in [0.1, 0.15) is 31.2 Å². The van der Waals surface area contributed by atoms with Crippen molar-refractivity contribution in [3.05, 3.63) is 34.3 Å². The largest absolute Gasteiger partial charge is 0.296 e. The lowest BCUT2D eigenvalue weighted by molar-refractivity contribution is 0.137. The highest BCUT2D eigenvalue weighted by Crippen LogP contribution is 2.25. The van der Waals surface area contributed by atoms with Crippen molar-refractivity contribution in [1.29, 1.82) is 0 Å². The topological polar surface area (TPSA) is 3.24 Å². The Morgan fingerprint density at radius 3 is 2.82 bits per heavy atom. The maximum Gasteiger partial charge on any atom is 0.0247 e. The van der Waals surface area contributed by atoms with Crippen LogP contribution in [0.3, 0.4) is 0 Å². The van der Waals surface area contributed by atoms with Gasteiger partial charge in [0.05, 0.1) is 0 Å². The first kappa shape index (κ1) is 13.6. The van der Waals surface area contributed by atoms with Crippen LogP contribution in [-0.4, -0.2) is 22.8 Å². The molecule has 2 rings (SSSR count). The Labute approximate surface area is 121 Å². The van der Waals surface area contributed by atoms with Gasteiger partial charge in [-0.3, -0.25) is 4.90 Å². The highest BCUT2D eigenvalue weighted by atomic mass is 79.9. The monoisotopic (exact) mass is 359 g/mol. The van der Waals surface area contributed by atoms with Crippen LogP contribution in [0.5, 0.6) is 0 Å². The fraction of sp³-hybridized carbons (Fsp3) is 0.571. The summed E-state index contributed by atoms with van der Waals surface area (Å²) in [6, 6.07) is 9.33. The van der Waals surface area contributed by atoms with Crippen molar-refractivity contribution in [1.82, 2.24) is 4.90 Å². The summed E-state index contributed by atoms with van der Waals surface area (Å²) in [6.07, 6.45) is 5.37. The average molecular weight is 361 g/mol. The van der Waals surface area contributed by atoms with Gasteiger partial charge in [-0.05, 0) is 37.4 Å². The predicted molar refractivity (Wildman–Crippen MR) is 80.6 cm³/mol. The Hall–Kier alpha value is 0.140. The van der Waals surface area contributed by atoms with Gasteiger partial charge in [-0.25, -0.2) is 0 Å². The standard InChI is InChI=1S/C14H19Br2N/c15-9-8-13-6-3-4-10-17(13)11-12-5-1-2-7-14(12)16/h1-2,5,7,13H,3-4,6,8-11H2. The number of alkyl halides is 1. The Morgan fingerprint density at radius 1 is 1.24 bits per heavy atom. The summed E-state index contributed by atoms with van der Waals surface area (Å²) in [6.45, 7) is 2.33. The third kappa shape index (κ3) is 3.80. The summed E-state index contributed by atoms with van der Waals surface area (Å²) in [5, 5.41) is 1.12. The van der Waals surface area contributed by atoms with Gasteiger partial charge >= 0.3 is 0 Å². The van der Waals surface area contributed by atoms with Gasteiger partial charge < -0.3 is 0 Å². The molecule has 1 saturated heterocycles. The molecule has 1 aliphatic heterocycles. The molecule has 0 aliphatic carbocycles. The fourth-order valence-electron chi connectivity index (χ4n) is 2.57. The number of hydrogen-bond donors (Lipinski definition) is 0. The van der Waals surface area contributed by atoms with E-state index in [1.807, 2.05) is 0 Å². The molecule has 3 heteroatoms. The van der Waals surface area contributed by atoms with Gasteiger partial charge in [0.2, 0.25) is 0 Å². The molecule has 1 aromatic carbocycles. The number of piperidine rings is 1. The van der Waals surface area contributed by atoms with E-state index in [-0.39, 0.29) is 0 Å². The second kappa shape index (κ2) is 6.91. The first-order valence-electron chi connectivity index (χ1n) is 6.34. The van der Waals surface area contributed by atoms with Crippen LogP contribution in [0.25, 0.3) is 0 Å². The Kier molecular flexibility index (Phi) is 5.51. The zero-order valence-electron chi connectivity index (χ0n) is 10.0. The van der Waals surface area contributed by atoms with Crippen LogP contribution >= 0.6 is 31.9 Å². The van der Waals surface area contributed by atoms with Crippen molar-refractivity contribution in [3.8, 4) is 0 Å². The van der Waals surface area contributed by atoms with Crippen LogP contribution in [-0.2, 0) is 6.54 Å². The van der Waals surface area contributed by atoms with Gasteiger partial charge in [-0.15, -0.1) is 0 Å². The van der Waals surface area contributed by atoms with Crippen molar-refractivity contribution in [2.24, 2.45) is 0 Å². The smallest absolute Gasteiger partial charge is 0.0247 e. The second-order valence-corrected chi connectivity index (χ2v) is 6.34. The number of halogens is 2. The van der Waals surface area contributed by atoms with Gasteiger partial charge in [0.1, 0.15) is 0 Å². The lowest BCUT2D eigenvalue weighted by atomic mass is 9.99. The zero-order valence-corrected chi connectivity index (χ0v) is 13.2. The third-order valence-corrected chi connectivity index (χ3v) is 4.75. The molecule has 0 saturated carbocycles. The number of hydrogen-bond acceptors (Lipinski definition) is 1. The average Bonchev–Trinajstić information content (AvgIpc) is 2.35. The molecule has 1 nitrogen and oxygen atoms in total. The number of benzene rings is 1. The summed E-state index contributed by atoms with van der Waals surface area (Å²) >= 11 is 7.22. The van der Waals surface area contributed by atoms with Gasteiger partial charge in [-0.2, -0.15) is 0 Å². The molecule has 17 heavy (non-hydrogen) atoms. The summed E-state index contributed by atoms with van der Waals surface area (Å²) in [5.41, 5.74) is 1.41. The molecule has 1 heterocycles. The van der Waals surface area contributed by atoms with E-state index < -0.39 is 0 Å².